The second kappa shape index (κ2) is 8.08. The highest BCUT2D eigenvalue weighted by Gasteiger charge is 2.21. The summed E-state index contributed by atoms with van der Waals surface area (Å²) >= 11 is 0. The topological polar surface area (TPSA) is 81.4 Å². The van der Waals surface area contributed by atoms with Gasteiger partial charge in [-0.3, -0.25) is 9.59 Å². The third kappa shape index (κ3) is 6.00. The van der Waals surface area contributed by atoms with Crippen molar-refractivity contribution in [1.29, 1.82) is 0 Å². The molecule has 0 aliphatic rings. The maximum Gasteiger partial charge on any atom is 0.310 e. The molecule has 0 saturated carbocycles. The molecular formula is C13H26N2O3. The fourth-order valence-electron chi connectivity index (χ4n) is 1.32. The molecule has 0 fully saturated rings. The molecule has 1 amide bonds. The molecule has 5 heteroatoms. The first-order valence-corrected chi connectivity index (χ1v) is 6.53. The van der Waals surface area contributed by atoms with Crippen LogP contribution in [0.2, 0.25) is 0 Å². The Bertz CT molecular complexity index is 279. The number of esters is 1. The van der Waals surface area contributed by atoms with Gasteiger partial charge in [0, 0.05) is 6.54 Å². The van der Waals surface area contributed by atoms with Crippen molar-refractivity contribution >= 4 is 11.9 Å². The van der Waals surface area contributed by atoms with Gasteiger partial charge in [0.05, 0.1) is 18.1 Å². The summed E-state index contributed by atoms with van der Waals surface area (Å²) in [6.07, 6.45) is 0.706. The highest BCUT2D eigenvalue weighted by atomic mass is 16.5. The van der Waals surface area contributed by atoms with Gasteiger partial charge < -0.3 is 15.8 Å². The summed E-state index contributed by atoms with van der Waals surface area (Å²) in [6, 6.07) is -0.525. The van der Waals surface area contributed by atoms with Gasteiger partial charge in [0.15, 0.2) is 0 Å². The Balaban J connectivity index is 4.09. The molecule has 0 radical (unpaired) electrons. The van der Waals surface area contributed by atoms with Gasteiger partial charge in [-0.1, -0.05) is 27.2 Å². The van der Waals surface area contributed by atoms with Crippen LogP contribution in [0.25, 0.3) is 0 Å². The van der Waals surface area contributed by atoms with E-state index in [2.05, 4.69) is 5.32 Å². The summed E-state index contributed by atoms with van der Waals surface area (Å²) in [6.45, 7) is 9.49. The quantitative estimate of drug-likeness (QED) is 0.669. The Kier molecular flexibility index (Phi) is 7.59. The van der Waals surface area contributed by atoms with Crippen LogP contribution >= 0.6 is 0 Å². The molecule has 0 spiro atoms. The van der Waals surface area contributed by atoms with E-state index in [1.165, 1.54) is 0 Å². The molecule has 0 aromatic heterocycles. The summed E-state index contributed by atoms with van der Waals surface area (Å²) in [5, 5.41) is 2.69. The number of hydrogen-bond donors (Lipinski definition) is 2. The summed E-state index contributed by atoms with van der Waals surface area (Å²) in [5.41, 5.74) is 5.79. The zero-order chi connectivity index (χ0) is 14.3. The lowest BCUT2D eigenvalue weighted by Gasteiger charge is -2.19. The first-order valence-electron chi connectivity index (χ1n) is 6.53. The predicted molar refractivity (Wildman–Crippen MR) is 70.8 cm³/mol. The standard InChI is InChI=1S/C13H26N2O3/c1-6-9(4)11(14)12(16)15-7-10(5)13(17)18-8(2)3/h8-11H,6-7,14H2,1-5H3,(H,15,16). The molecule has 5 nitrogen and oxygen atoms in total. The van der Waals surface area contributed by atoms with Crippen molar-refractivity contribution in [3.63, 3.8) is 0 Å². The van der Waals surface area contributed by atoms with Gasteiger partial charge >= 0.3 is 5.97 Å². The zero-order valence-corrected chi connectivity index (χ0v) is 12.0. The molecular weight excluding hydrogens is 232 g/mol. The summed E-state index contributed by atoms with van der Waals surface area (Å²) in [7, 11) is 0. The molecule has 18 heavy (non-hydrogen) atoms. The van der Waals surface area contributed by atoms with Gasteiger partial charge in [-0.15, -0.1) is 0 Å². The number of nitrogens with two attached hydrogens (primary N) is 1. The van der Waals surface area contributed by atoms with E-state index < -0.39 is 6.04 Å². The number of rotatable bonds is 7. The number of hydrogen-bond acceptors (Lipinski definition) is 4. The smallest absolute Gasteiger partial charge is 0.310 e. The number of ether oxygens (including phenoxy) is 1. The average Bonchev–Trinajstić information content (AvgIpc) is 2.32. The molecule has 0 aliphatic carbocycles. The predicted octanol–water partition coefficient (Wildman–Crippen LogP) is 1.06. The second-order valence-electron chi connectivity index (χ2n) is 5.04. The lowest BCUT2D eigenvalue weighted by Crippen LogP contribution is -2.46. The van der Waals surface area contributed by atoms with Crippen LogP contribution in [-0.2, 0) is 14.3 Å². The highest BCUT2D eigenvalue weighted by molar-refractivity contribution is 5.82. The number of nitrogens with one attached hydrogen (secondary N) is 1. The second-order valence-corrected chi connectivity index (χ2v) is 5.04. The van der Waals surface area contributed by atoms with Crippen LogP contribution in [0.15, 0.2) is 0 Å². The van der Waals surface area contributed by atoms with Gasteiger partial charge in [0.25, 0.3) is 0 Å². The molecule has 0 aromatic rings. The molecule has 0 rings (SSSR count). The first kappa shape index (κ1) is 16.9. The lowest BCUT2D eigenvalue weighted by atomic mass is 9.99. The Morgan fingerprint density at radius 1 is 1.22 bits per heavy atom. The molecule has 3 N–H and O–H groups in total. The maximum atomic E-state index is 11.7. The van der Waals surface area contributed by atoms with E-state index in [0.29, 0.717) is 0 Å². The Hall–Kier alpha value is -1.10. The van der Waals surface area contributed by atoms with Crippen molar-refractivity contribution in [3.05, 3.63) is 0 Å². The van der Waals surface area contributed by atoms with Crippen molar-refractivity contribution < 1.29 is 14.3 Å². The number of carbonyl (C=O) groups excluding carboxylic acids is 2. The Morgan fingerprint density at radius 3 is 2.22 bits per heavy atom. The summed E-state index contributed by atoms with van der Waals surface area (Å²) in [4.78, 5) is 23.2. The monoisotopic (exact) mass is 258 g/mol. The minimum absolute atomic E-state index is 0.128. The molecule has 0 aliphatic heterocycles. The number of amides is 1. The molecule has 3 unspecified atom stereocenters. The maximum absolute atomic E-state index is 11.7. The van der Waals surface area contributed by atoms with E-state index in [1.807, 2.05) is 13.8 Å². The normalized spacial score (nSPS) is 15.9. The molecule has 3 atom stereocenters. The van der Waals surface area contributed by atoms with Crippen molar-refractivity contribution in [2.75, 3.05) is 6.54 Å². The zero-order valence-electron chi connectivity index (χ0n) is 12.0. The van der Waals surface area contributed by atoms with Gasteiger partial charge in [0.2, 0.25) is 5.91 Å². The van der Waals surface area contributed by atoms with Crippen LogP contribution < -0.4 is 11.1 Å². The molecule has 0 heterocycles. The molecule has 0 bridgehead atoms. The fourth-order valence-corrected chi connectivity index (χ4v) is 1.32. The van der Waals surface area contributed by atoms with Crippen LogP contribution in [-0.4, -0.2) is 30.6 Å². The van der Waals surface area contributed by atoms with Crippen LogP contribution in [0.1, 0.15) is 41.0 Å². The van der Waals surface area contributed by atoms with Crippen LogP contribution in [0.5, 0.6) is 0 Å². The third-order valence-electron chi connectivity index (χ3n) is 2.90. The Morgan fingerprint density at radius 2 is 1.78 bits per heavy atom. The van der Waals surface area contributed by atoms with Crippen LogP contribution in [0, 0.1) is 11.8 Å². The third-order valence-corrected chi connectivity index (χ3v) is 2.90. The minimum Gasteiger partial charge on any atom is -0.463 e. The van der Waals surface area contributed by atoms with Crippen molar-refractivity contribution in [2.24, 2.45) is 17.6 Å². The number of carbonyl (C=O) groups is 2. The van der Waals surface area contributed by atoms with E-state index >= 15 is 0 Å². The molecule has 0 saturated heterocycles. The van der Waals surface area contributed by atoms with Gasteiger partial charge in [-0.25, -0.2) is 0 Å². The van der Waals surface area contributed by atoms with E-state index in [9.17, 15) is 9.59 Å². The van der Waals surface area contributed by atoms with E-state index in [-0.39, 0.29) is 36.4 Å². The average molecular weight is 258 g/mol. The van der Waals surface area contributed by atoms with Gasteiger partial charge in [0.1, 0.15) is 0 Å². The van der Waals surface area contributed by atoms with E-state index in [1.54, 1.807) is 20.8 Å². The van der Waals surface area contributed by atoms with Crippen molar-refractivity contribution in [3.8, 4) is 0 Å². The highest BCUT2D eigenvalue weighted by Crippen LogP contribution is 2.06. The SMILES string of the molecule is CCC(C)C(N)C(=O)NCC(C)C(=O)OC(C)C. The van der Waals surface area contributed by atoms with Gasteiger partial charge in [-0.2, -0.15) is 0 Å². The minimum atomic E-state index is -0.525. The largest absolute Gasteiger partial charge is 0.463 e. The molecule has 106 valence electrons. The van der Waals surface area contributed by atoms with Crippen molar-refractivity contribution in [2.45, 2.75) is 53.2 Å². The Labute approximate surface area is 109 Å². The summed E-state index contributed by atoms with van der Waals surface area (Å²) < 4.78 is 5.05. The van der Waals surface area contributed by atoms with Crippen molar-refractivity contribution in [1.82, 2.24) is 5.32 Å². The van der Waals surface area contributed by atoms with Gasteiger partial charge in [-0.05, 0) is 19.8 Å². The van der Waals surface area contributed by atoms with E-state index in [0.717, 1.165) is 6.42 Å². The van der Waals surface area contributed by atoms with Crippen LogP contribution in [0.3, 0.4) is 0 Å². The van der Waals surface area contributed by atoms with E-state index in [4.69, 9.17) is 10.5 Å². The summed E-state index contributed by atoms with van der Waals surface area (Å²) in [5.74, 6) is -0.751. The molecule has 0 aromatic carbocycles. The fraction of sp³-hybridized carbons (Fsp3) is 0.846. The first-order chi connectivity index (χ1) is 8.29. The lowest BCUT2D eigenvalue weighted by molar-refractivity contribution is -0.151. The van der Waals surface area contributed by atoms with Crippen LogP contribution in [0.4, 0.5) is 0 Å².